The average molecular weight is 792 g/mol. The summed E-state index contributed by atoms with van der Waals surface area (Å²) in [6, 6.07) is 4.80. The molecule has 7 nitrogen and oxygen atoms in total. The van der Waals surface area contributed by atoms with Crippen molar-refractivity contribution in [3.05, 3.63) is 83.5 Å². The van der Waals surface area contributed by atoms with Crippen LogP contribution in [-0.2, 0) is 25.6 Å². The highest BCUT2D eigenvalue weighted by Gasteiger charge is 2.16. The van der Waals surface area contributed by atoms with Crippen molar-refractivity contribution in [3.63, 3.8) is 0 Å². The lowest BCUT2D eigenvalue weighted by Crippen LogP contribution is -2.18. The van der Waals surface area contributed by atoms with Crippen LogP contribution in [0.25, 0.3) is 0 Å². The van der Waals surface area contributed by atoms with Gasteiger partial charge in [0.25, 0.3) is 0 Å². The fourth-order valence-corrected chi connectivity index (χ4v) is 6.24. The fourth-order valence-electron chi connectivity index (χ4n) is 6.24. The monoisotopic (exact) mass is 792 g/mol. The molecule has 57 heavy (non-hydrogen) atoms. The van der Waals surface area contributed by atoms with Crippen molar-refractivity contribution in [1.82, 2.24) is 4.90 Å². The fraction of sp³-hybridized carbons (Fsp3) is 0.660. The first-order valence-corrected chi connectivity index (χ1v) is 22.8. The summed E-state index contributed by atoms with van der Waals surface area (Å²) in [7, 11) is 3.79. The second-order valence-electron chi connectivity index (χ2n) is 15.6. The minimum atomic E-state index is -0.488. The number of ether oxygens (including phenoxy) is 3. The summed E-state index contributed by atoms with van der Waals surface area (Å²) in [5.74, 6) is -1.31. The van der Waals surface area contributed by atoms with Crippen LogP contribution in [0, 0.1) is 0 Å². The van der Waals surface area contributed by atoms with Crippen LogP contribution in [-0.4, -0.2) is 56.7 Å². The van der Waals surface area contributed by atoms with Crippen LogP contribution in [0.3, 0.4) is 0 Å². The Balaban J connectivity index is 2.41. The minimum Gasteiger partial charge on any atom is -0.462 e. The van der Waals surface area contributed by atoms with Crippen LogP contribution in [0.4, 0.5) is 0 Å². The molecule has 1 aromatic rings. The summed E-state index contributed by atoms with van der Waals surface area (Å²) in [5, 5.41) is 0. The van der Waals surface area contributed by atoms with E-state index in [-0.39, 0.29) is 30.1 Å². The van der Waals surface area contributed by atoms with Crippen LogP contribution in [0.15, 0.2) is 66.8 Å². The molecule has 1 aromatic carbocycles. The molecule has 7 heteroatoms. The Labute approximate surface area is 348 Å². The van der Waals surface area contributed by atoms with Crippen molar-refractivity contribution in [3.8, 4) is 0 Å². The van der Waals surface area contributed by atoms with Gasteiger partial charge in [0.15, 0.2) is 0 Å². The highest BCUT2D eigenvalue weighted by molar-refractivity contribution is 5.95. The molecule has 0 bridgehead atoms. The van der Waals surface area contributed by atoms with E-state index in [1.165, 1.54) is 96.0 Å². The molecule has 0 fully saturated rings. The zero-order valence-corrected chi connectivity index (χ0v) is 36.8. The lowest BCUT2D eigenvalue weighted by Gasteiger charge is -2.12. The molecule has 0 saturated carbocycles. The van der Waals surface area contributed by atoms with Crippen molar-refractivity contribution in [2.75, 3.05) is 33.9 Å². The van der Waals surface area contributed by atoms with Crippen LogP contribution in [0.1, 0.15) is 201 Å². The van der Waals surface area contributed by atoms with Crippen molar-refractivity contribution in [1.29, 1.82) is 0 Å². The number of hydrogen-bond acceptors (Lipinski definition) is 7. The van der Waals surface area contributed by atoms with E-state index >= 15 is 0 Å². The van der Waals surface area contributed by atoms with E-state index < -0.39 is 11.9 Å². The Hall–Kier alpha value is -3.45. The van der Waals surface area contributed by atoms with Crippen LogP contribution >= 0.6 is 0 Å². The first-order chi connectivity index (χ1) is 27.9. The standard InChI is InChI=1S/C50H81NO6/c1-5-7-9-11-13-15-17-19-21-23-25-27-29-31-33-35-39-55-49(53)46-41-45(44-57-48(52)37-38-51(3)4)42-47(43-46)50(54)56-40-36-34-32-30-28-26-24-22-20-18-16-14-12-10-8-6-2/h13-16,19-22,41-43H,5-12,17-18,23-40,44H2,1-4H3/b15-13-,16-14-,21-19-,22-20-. The van der Waals surface area contributed by atoms with Gasteiger partial charge in [-0.3, -0.25) is 4.79 Å². The molecule has 0 unspecified atom stereocenters. The molecule has 0 N–H and O–H groups in total. The minimum absolute atomic E-state index is 0.0361. The summed E-state index contributed by atoms with van der Waals surface area (Å²) in [5.41, 5.74) is 1.08. The maximum atomic E-state index is 13.1. The molecule has 0 atom stereocenters. The van der Waals surface area contributed by atoms with Crippen molar-refractivity contribution >= 4 is 17.9 Å². The van der Waals surface area contributed by atoms with Crippen molar-refractivity contribution < 1.29 is 28.6 Å². The molecule has 0 aliphatic rings. The third-order valence-corrected chi connectivity index (χ3v) is 9.78. The quantitative estimate of drug-likeness (QED) is 0.0287. The molecule has 0 spiro atoms. The zero-order chi connectivity index (χ0) is 41.4. The van der Waals surface area contributed by atoms with E-state index in [2.05, 4.69) is 62.5 Å². The van der Waals surface area contributed by atoms with Gasteiger partial charge in [0.1, 0.15) is 6.61 Å². The highest BCUT2D eigenvalue weighted by atomic mass is 16.5. The molecular weight excluding hydrogens is 711 g/mol. The summed E-state index contributed by atoms with van der Waals surface area (Å²) >= 11 is 0. The number of carbonyl (C=O) groups is 3. The Bertz CT molecular complexity index is 1200. The summed E-state index contributed by atoms with van der Waals surface area (Å²) in [6.45, 7) is 5.66. The van der Waals surface area contributed by atoms with Crippen LogP contribution in [0.2, 0.25) is 0 Å². The van der Waals surface area contributed by atoms with Gasteiger partial charge in [-0.1, -0.05) is 140 Å². The maximum absolute atomic E-state index is 13.1. The average Bonchev–Trinajstić information content (AvgIpc) is 3.21. The number of carbonyl (C=O) groups excluding carboxylic acids is 3. The summed E-state index contributed by atoms with van der Waals surface area (Å²) in [6.07, 6.45) is 46.0. The topological polar surface area (TPSA) is 82.1 Å². The number of nitrogens with zero attached hydrogens (tertiary/aromatic N) is 1. The zero-order valence-electron chi connectivity index (χ0n) is 36.8. The van der Waals surface area contributed by atoms with E-state index in [9.17, 15) is 14.4 Å². The van der Waals surface area contributed by atoms with E-state index in [0.29, 0.717) is 25.3 Å². The van der Waals surface area contributed by atoms with Gasteiger partial charge in [-0.15, -0.1) is 0 Å². The number of esters is 3. The molecule has 0 saturated heterocycles. The predicted molar refractivity (Wildman–Crippen MR) is 239 cm³/mol. The van der Waals surface area contributed by atoms with Gasteiger partial charge < -0.3 is 19.1 Å². The molecule has 0 amide bonds. The first kappa shape index (κ1) is 51.6. The van der Waals surface area contributed by atoms with Crippen molar-refractivity contribution in [2.45, 2.75) is 181 Å². The summed E-state index contributed by atoms with van der Waals surface area (Å²) in [4.78, 5) is 40.3. The van der Waals surface area contributed by atoms with Gasteiger partial charge >= 0.3 is 17.9 Å². The normalized spacial score (nSPS) is 11.9. The molecule has 0 heterocycles. The Morgan fingerprint density at radius 3 is 1.28 bits per heavy atom. The molecule has 0 radical (unpaired) electrons. The van der Waals surface area contributed by atoms with E-state index in [1.54, 1.807) is 12.1 Å². The molecule has 0 aliphatic carbocycles. The molecule has 1 rings (SSSR count). The van der Waals surface area contributed by atoms with E-state index in [4.69, 9.17) is 14.2 Å². The Morgan fingerprint density at radius 2 is 0.877 bits per heavy atom. The highest BCUT2D eigenvalue weighted by Crippen LogP contribution is 2.17. The molecule has 322 valence electrons. The van der Waals surface area contributed by atoms with Gasteiger partial charge in [0.2, 0.25) is 0 Å². The molecule has 0 aliphatic heterocycles. The number of allylic oxidation sites excluding steroid dienone is 8. The van der Waals surface area contributed by atoms with Crippen LogP contribution in [0.5, 0.6) is 0 Å². The third-order valence-electron chi connectivity index (χ3n) is 9.78. The van der Waals surface area contributed by atoms with Gasteiger partial charge in [-0.05, 0) is 115 Å². The van der Waals surface area contributed by atoms with Crippen molar-refractivity contribution in [2.24, 2.45) is 0 Å². The molecule has 0 aromatic heterocycles. The van der Waals surface area contributed by atoms with Gasteiger partial charge in [-0.25, -0.2) is 9.59 Å². The lowest BCUT2D eigenvalue weighted by atomic mass is 10.1. The van der Waals surface area contributed by atoms with E-state index in [1.807, 2.05) is 19.0 Å². The first-order valence-electron chi connectivity index (χ1n) is 22.8. The maximum Gasteiger partial charge on any atom is 0.338 e. The van der Waals surface area contributed by atoms with Gasteiger partial charge in [-0.2, -0.15) is 0 Å². The number of benzene rings is 1. The molecular formula is C50H81NO6. The lowest BCUT2D eigenvalue weighted by molar-refractivity contribution is -0.145. The van der Waals surface area contributed by atoms with Crippen LogP contribution < -0.4 is 0 Å². The number of hydrogen-bond donors (Lipinski definition) is 0. The smallest absolute Gasteiger partial charge is 0.338 e. The summed E-state index contributed by atoms with van der Waals surface area (Å²) < 4.78 is 16.7. The number of rotatable bonds is 37. The predicted octanol–water partition coefficient (Wildman–Crippen LogP) is 13.6. The Kier molecular flexibility index (Phi) is 34.5. The third kappa shape index (κ3) is 32.2. The van der Waals surface area contributed by atoms with Gasteiger partial charge in [0.05, 0.1) is 30.8 Å². The second kappa shape index (κ2) is 38.1. The number of unbranched alkanes of at least 4 members (excludes halogenated alkanes) is 18. The largest absolute Gasteiger partial charge is 0.462 e. The Morgan fingerprint density at radius 1 is 0.491 bits per heavy atom. The second-order valence-corrected chi connectivity index (χ2v) is 15.6. The SMILES string of the molecule is CCCCC/C=C\C/C=C\CCCCCCCCOC(=O)c1cc(COC(=O)CCN(C)C)cc(C(=O)OCCCCCCCC/C=C\C/C=C\CCCCC)c1. The van der Waals surface area contributed by atoms with Gasteiger partial charge in [0, 0.05) is 6.54 Å². The van der Waals surface area contributed by atoms with E-state index in [0.717, 1.165) is 64.2 Å².